The molecule has 1 heteroatoms. The van der Waals surface area contributed by atoms with Crippen molar-refractivity contribution in [3.8, 4) is 0 Å². The number of fused-ring (bicyclic) bond motifs is 2. The minimum absolute atomic E-state index is 0.0984. The van der Waals surface area contributed by atoms with Crippen molar-refractivity contribution < 1.29 is 4.74 Å². The van der Waals surface area contributed by atoms with Crippen LogP contribution >= 0.6 is 0 Å². The molecule has 0 heterocycles. The van der Waals surface area contributed by atoms with Gasteiger partial charge >= 0.3 is 0 Å². The molecule has 2 bridgehead atoms. The Hall–Kier alpha value is -0.560. The number of rotatable bonds is 3. The fourth-order valence-electron chi connectivity index (χ4n) is 2.71. The Morgan fingerprint density at radius 3 is 2.92 bits per heavy atom. The summed E-state index contributed by atoms with van der Waals surface area (Å²) >= 11 is 0. The van der Waals surface area contributed by atoms with Gasteiger partial charge in [-0.2, -0.15) is 0 Å². The van der Waals surface area contributed by atoms with Gasteiger partial charge in [0.2, 0.25) is 0 Å². The zero-order valence-corrected chi connectivity index (χ0v) is 7.62. The van der Waals surface area contributed by atoms with Crippen molar-refractivity contribution in [1.82, 2.24) is 0 Å². The fourth-order valence-corrected chi connectivity index (χ4v) is 2.71. The lowest BCUT2D eigenvalue weighted by Crippen LogP contribution is -2.35. The molecule has 0 aliphatic heterocycles. The molecule has 0 aromatic heterocycles. The van der Waals surface area contributed by atoms with E-state index in [9.17, 15) is 0 Å². The number of ether oxygens (including phenoxy) is 1. The van der Waals surface area contributed by atoms with E-state index in [2.05, 4.69) is 18.7 Å². The topological polar surface area (TPSA) is 9.23 Å². The Kier molecular flexibility index (Phi) is 1.84. The number of hydrogen-bond donors (Lipinski definition) is 0. The first-order valence-electron chi connectivity index (χ1n) is 4.65. The second-order valence-corrected chi connectivity index (χ2v) is 3.95. The van der Waals surface area contributed by atoms with Gasteiger partial charge in [0.05, 0.1) is 5.60 Å². The fraction of sp³-hybridized carbons (Fsp3) is 0.636. The Balaban J connectivity index is 2.19. The first-order valence-corrected chi connectivity index (χ1v) is 4.65. The third kappa shape index (κ3) is 0.962. The molecular weight excluding hydrogens is 148 g/mol. The Morgan fingerprint density at radius 1 is 1.67 bits per heavy atom. The molecule has 0 aromatic carbocycles. The van der Waals surface area contributed by atoms with Gasteiger partial charge in [-0.05, 0) is 25.2 Å². The summed E-state index contributed by atoms with van der Waals surface area (Å²) in [7, 11) is 1.83. The van der Waals surface area contributed by atoms with Crippen molar-refractivity contribution in [2.45, 2.75) is 24.9 Å². The molecule has 1 nitrogen and oxygen atoms in total. The molecule has 0 aromatic rings. The maximum Gasteiger partial charge on any atom is 0.0780 e. The van der Waals surface area contributed by atoms with Crippen molar-refractivity contribution >= 4 is 0 Å². The predicted octanol–water partition coefficient (Wildman–Crippen LogP) is 2.54. The van der Waals surface area contributed by atoms with Gasteiger partial charge in [0.25, 0.3) is 0 Å². The zero-order valence-electron chi connectivity index (χ0n) is 7.62. The highest BCUT2D eigenvalue weighted by Gasteiger charge is 2.47. The molecule has 2 aliphatic rings. The normalized spacial score (nSPS) is 43.8. The van der Waals surface area contributed by atoms with Crippen LogP contribution in [-0.2, 0) is 4.74 Å². The second kappa shape index (κ2) is 2.74. The van der Waals surface area contributed by atoms with Crippen LogP contribution in [0, 0.1) is 11.8 Å². The van der Waals surface area contributed by atoms with Gasteiger partial charge in [-0.15, -0.1) is 6.58 Å². The maximum absolute atomic E-state index is 5.65. The molecule has 0 saturated heterocycles. The first-order chi connectivity index (χ1) is 5.80. The van der Waals surface area contributed by atoms with E-state index in [1.165, 1.54) is 12.8 Å². The number of methoxy groups -OCH3 is 1. The van der Waals surface area contributed by atoms with Gasteiger partial charge in [-0.1, -0.05) is 18.2 Å². The van der Waals surface area contributed by atoms with Crippen LogP contribution < -0.4 is 0 Å². The summed E-state index contributed by atoms with van der Waals surface area (Å²) in [5.41, 5.74) is 0.0984. The highest BCUT2D eigenvalue weighted by atomic mass is 16.5. The zero-order chi connectivity index (χ0) is 8.60. The third-order valence-electron chi connectivity index (χ3n) is 3.35. The minimum Gasteiger partial charge on any atom is -0.377 e. The van der Waals surface area contributed by atoms with Crippen LogP contribution in [0.1, 0.15) is 19.3 Å². The van der Waals surface area contributed by atoms with Crippen molar-refractivity contribution in [1.29, 1.82) is 0 Å². The smallest absolute Gasteiger partial charge is 0.0780 e. The van der Waals surface area contributed by atoms with E-state index in [4.69, 9.17) is 4.74 Å². The van der Waals surface area contributed by atoms with Crippen LogP contribution in [0.5, 0.6) is 0 Å². The van der Waals surface area contributed by atoms with E-state index in [0.29, 0.717) is 5.92 Å². The second-order valence-electron chi connectivity index (χ2n) is 3.95. The minimum atomic E-state index is 0.0984. The third-order valence-corrected chi connectivity index (χ3v) is 3.35. The molecule has 2 rings (SSSR count). The van der Waals surface area contributed by atoms with Crippen LogP contribution in [0.3, 0.4) is 0 Å². The molecule has 0 spiro atoms. The van der Waals surface area contributed by atoms with Crippen LogP contribution in [-0.4, -0.2) is 12.7 Å². The van der Waals surface area contributed by atoms with Crippen LogP contribution in [0.2, 0.25) is 0 Å². The van der Waals surface area contributed by atoms with Gasteiger partial charge in [-0.25, -0.2) is 0 Å². The lowest BCUT2D eigenvalue weighted by atomic mass is 9.85. The van der Waals surface area contributed by atoms with Crippen molar-refractivity contribution in [3.05, 3.63) is 24.8 Å². The summed E-state index contributed by atoms with van der Waals surface area (Å²) in [4.78, 5) is 0. The largest absolute Gasteiger partial charge is 0.377 e. The summed E-state index contributed by atoms with van der Waals surface area (Å²) in [6, 6.07) is 0. The van der Waals surface area contributed by atoms with Crippen molar-refractivity contribution in [2.24, 2.45) is 11.8 Å². The monoisotopic (exact) mass is 164 g/mol. The molecule has 1 fully saturated rings. The van der Waals surface area contributed by atoms with E-state index >= 15 is 0 Å². The van der Waals surface area contributed by atoms with Crippen LogP contribution in [0.25, 0.3) is 0 Å². The summed E-state index contributed by atoms with van der Waals surface area (Å²) in [6.07, 6.45) is 10.1. The van der Waals surface area contributed by atoms with Gasteiger partial charge in [0.15, 0.2) is 0 Å². The highest BCUT2D eigenvalue weighted by molar-refractivity contribution is 5.18. The number of hydrogen-bond acceptors (Lipinski definition) is 1. The quantitative estimate of drug-likeness (QED) is 0.582. The molecule has 12 heavy (non-hydrogen) atoms. The Morgan fingerprint density at radius 2 is 2.50 bits per heavy atom. The average molecular weight is 164 g/mol. The van der Waals surface area contributed by atoms with Crippen LogP contribution in [0.4, 0.5) is 0 Å². The maximum atomic E-state index is 5.65. The molecule has 1 saturated carbocycles. The van der Waals surface area contributed by atoms with Gasteiger partial charge in [0, 0.05) is 13.0 Å². The SMILES string of the molecule is C=CCC1(OC)CC2C=CC1C2. The highest BCUT2D eigenvalue weighted by Crippen LogP contribution is 2.49. The summed E-state index contributed by atoms with van der Waals surface area (Å²) < 4.78 is 5.65. The van der Waals surface area contributed by atoms with Gasteiger partial charge < -0.3 is 4.74 Å². The summed E-state index contributed by atoms with van der Waals surface area (Å²) in [5, 5.41) is 0. The number of allylic oxidation sites excluding steroid dienone is 1. The molecular formula is C11H16O. The molecule has 3 atom stereocenters. The van der Waals surface area contributed by atoms with Gasteiger partial charge in [0.1, 0.15) is 0 Å². The lowest BCUT2D eigenvalue weighted by Gasteiger charge is -2.33. The molecule has 3 unspecified atom stereocenters. The van der Waals surface area contributed by atoms with E-state index in [-0.39, 0.29) is 5.60 Å². The first kappa shape index (κ1) is 8.06. The van der Waals surface area contributed by atoms with Crippen LogP contribution in [0.15, 0.2) is 24.8 Å². The lowest BCUT2D eigenvalue weighted by molar-refractivity contribution is -0.0287. The summed E-state index contributed by atoms with van der Waals surface area (Å²) in [6.45, 7) is 3.80. The van der Waals surface area contributed by atoms with Gasteiger partial charge in [-0.3, -0.25) is 0 Å². The Bertz CT molecular complexity index is 219. The summed E-state index contributed by atoms with van der Waals surface area (Å²) in [5.74, 6) is 1.42. The average Bonchev–Trinajstić information content (AvgIpc) is 2.64. The van der Waals surface area contributed by atoms with E-state index in [0.717, 1.165) is 12.3 Å². The Labute approximate surface area is 74.1 Å². The predicted molar refractivity (Wildman–Crippen MR) is 49.9 cm³/mol. The molecule has 0 radical (unpaired) electrons. The molecule has 2 aliphatic carbocycles. The molecule has 66 valence electrons. The van der Waals surface area contributed by atoms with E-state index in [1.807, 2.05) is 13.2 Å². The van der Waals surface area contributed by atoms with Crippen molar-refractivity contribution in [3.63, 3.8) is 0 Å². The molecule has 0 amide bonds. The molecule has 0 N–H and O–H groups in total. The van der Waals surface area contributed by atoms with E-state index < -0.39 is 0 Å². The van der Waals surface area contributed by atoms with E-state index in [1.54, 1.807) is 0 Å². The standard InChI is InChI=1S/C11H16O/c1-3-6-11(12-2)8-9-4-5-10(11)7-9/h3-5,9-10H,1,6-8H2,2H3. The van der Waals surface area contributed by atoms with Crippen molar-refractivity contribution in [2.75, 3.05) is 7.11 Å².